The molecular formula is C16H18Cl2N2S. The minimum absolute atomic E-state index is 0.566. The zero-order chi connectivity index (χ0) is 15.2. The summed E-state index contributed by atoms with van der Waals surface area (Å²) in [5, 5.41) is 5.49. The maximum absolute atomic E-state index is 6.01. The van der Waals surface area contributed by atoms with Crippen molar-refractivity contribution in [1.82, 2.24) is 10.3 Å². The van der Waals surface area contributed by atoms with Crippen molar-refractivity contribution < 1.29 is 0 Å². The predicted octanol–water partition coefficient (Wildman–Crippen LogP) is 5.29. The van der Waals surface area contributed by atoms with Crippen LogP contribution < -0.4 is 5.32 Å². The van der Waals surface area contributed by atoms with Crippen LogP contribution >= 0.6 is 35.0 Å². The van der Waals surface area contributed by atoms with E-state index in [2.05, 4.69) is 30.2 Å². The highest BCUT2D eigenvalue weighted by Crippen LogP contribution is 2.31. The van der Waals surface area contributed by atoms with Crippen LogP contribution in [-0.4, -0.2) is 11.5 Å². The van der Waals surface area contributed by atoms with Crippen molar-refractivity contribution in [3.05, 3.63) is 52.1 Å². The van der Waals surface area contributed by atoms with Gasteiger partial charge in [-0.2, -0.15) is 0 Å². The molecule has 2 rings (SSSR count). The Morgan fingerprint density at radius 1 is 1.14 bits per heavy atom. The lowest BCUT2D eigenvalue weighted by Crippen LogP contribution is -2.18. The summed E-state index contributed by atoms with van der Waals surface area (Å²) in [5.74, 6) is 0.655. The second kappa shape index (κ2) is 8.04. The van der Waals surface area contributed by atoms with Gasteiger partial charge in [0.05, 0.1) is 10.0 Å². The van der Waals surface area contributed by atoms with E-state index in [0.717, 1.165) is 23.0 Å². The van der Waals surface area contributed by atoms with Gasteiger partial charge >= 0.3 is 0 Å². The van der Waals surface area contributed by atoms with Crippen molar-refractivity contribution >= 4 is 35.0 Å². The van der Waals surface area contributed by atoms with Gasteiger partial charge in [-0.25, -0.2) is 4.98 Å². The third kappa shape index (κ3) is 5.51. The van der Waals surface area contributed by atoms with Crippen LogP contribution in [0, 0.1) is 5.92 Å². The molecule has 0 radical (unpaired) electrons. The van der Waals surface area contributed by atoms with Crippen LogP contribution in [0.2, 0.25) is 10.0 Å². The maximum Gasteiger partial charge on any atom is 0.101 e. The molecule has 0 saturated heterocycles. The molecule has 112 valence electrons. The molecule has 2 aromatic rings. The largest absolute Gasteiger partial charge is 0.312 e. The monoisotopic (exact) mass is 340 g/mol. The Balaban J connectivity index is 1.94. The van der Waals surface area contributed by atoms with Gasteiger partial charge in [0.2, 0.25) is 0 Å². The minimum atomic E-state index is 0.566. The molecule has 0 amide bonds. The molecule has 0 spiro atoms. The van der Waals surface area contributed by atoms with Gasteiger partial charge in [0.15, 0.2) is 0 Å². The number of hydrogen-bond acceptors (Lipinski definition) is 3. The quantitative estimate of drug-likeness (QED) is 0.773. The van der Waals surface area contributed by atoms with Gasteiger partial charge in [0.25, 0.3) is 0 Å². The predicted molar refractivity (Wildman–Crippen MR) is 91.4 cm³/mol. The number of benzene rings is 1. The van der Waals surface area contributed by atoms with Gasteiger partial charge in [-0.3, -0.25) is 0 Å². The van der Waals surface area contributed by atoms with Crippen LogP contribution in [0.1, 0.15) is 19.4 Å². The fourth-order valence-electron chi connectivity index (χ4n) is 1.74. The topological polar surface area (TPSA) is 24.9 Å². The molecule has 1 N–H and O–H groups in total. The molecule has 21 heavy (non-hydrogen) atoms. The smallest absolute Gasteiger partial charge is 0.101 e. The van der Waals surface area contributed by atoms with E-state index in [1.807, 2.05) is 24.4 Å². The number of nitrogens with zero attached hydrogens (tertiary/aromatic N) is 1. The van der Waals surface area contributed by atoms with Crippen LogP contribution in [0.3, 0.4) is 0 Å². The zero-order valence-electron chi connectivity index (χ0n) is 12.1. The first-order valence-electron chi connectivity index (χ1n) is 6.83. The summed E-state index contributed by atoms with van der Waals surface area (Å²) < 4.78 is 0. The number of rotatable bonds is 6. The lowest BCUT2D eigenvalue weighted by atomic mass is 10.2. The first kappa shape index (κ1) is 16.6. The van der Waals surface area contributed by atoms with Crippen molar-refractivity contribution in [1.29, 1.82) is 0 Å². The average molecular weight is 341 g/mol. The Morgan fingerprint density at radius 2 is 1.95 bits per heavy atom. The second-order valence-electron chi connectivity index (χ2n) is 5.21. The fourth-order valence-corrected chi connectivity index (χ4v) is 2.90. The number of halogens is 2. The van der Waals surface area contributed by atoms with E-state index < -0.39 is 0 Å². The number of nitrogens with one attached hydrogen (secondary N) is 1. The maximum atomic E-state index is 6.01. The van der Waals surface area contributed by atoms with E-state index in [9.17, 15) is 0 Å². The molecule has 0 saturated carbocycles. The molecule has 0 atom stereocenters. The number of hydrogen-bond donors (Lipinski definition) is 1. The summed E-state index contributed by atoms with van der Waals surface area (Å²) >= 11 is 13.5. The molecule has 1 heterocycles. The van der Waals surface area contributed by atoms with Crippen LogP contribution in [0.4, 0.5) is 0 Å². The van der Waals surface area contributed by atoms with Crippen molar-refractivity contribution in [3.8, 4) is 0 Å². The van der Waals surface area contributed by atoms with E-state index in [-0.39, 0.29) is 0 Å². The molecule has 1 aromatic carbocycles. The lowest BCUT2D eigenvalue weighted by Gasteiger charge is -2.08. The van der Waals surface area contributed by atoms with Crippen LogP contribution in [0.15, 0.2) is 46.5 Å². The molecule has 0 aliphatic carbocycles. The fraction of sp³-hybridized carbons (Fsp3) is 0.312. The number of pyridine rings is 1. The van der Waals surface area contributed by atoms with Crippen LogP contribution in [0.5, 0.6) is 0 Å². The standard InChI is InChI=1S/C16H18Cl2N2S/c1-11(2)8-19-9-12-3-6-16(20-10-12)21-13-4-5-14(17)15(18)7-13/h3-7,10-11,19H,8-9H2,1-2H3. The molecule has 0 bridgehead atoms. The molecule has 0 fully saturated rings. The Hall–Kier alpha value is -0.740. The Morgan fingerprint density at radius 3 is 2.57 bits per heavy atom. The lowest BCUT2D eigenvalue weighted by molar-refractivity contribution is 0.551. The molecular weight excluding hydrogens is 323 g/mol. The zero-order valence-corrected chi connectivity index (χ0v) is 14.4. The summed E-state index contributed by atoms with van der Waals surface area (Å²) in [6.45, 7) is 6.26. The van der Waals surface area contributed by atoms with Crippen molar-refractivity contribution in [2.45, 2.75) is 30.3 Å². The Bertz CT molecular complexity index is 585. The van der Waals surface area contributed by atoms with E-state index in [1.165, 1.54) is 5.56 Å². The van der Waals surface area contributed by atoms with Crippen molar-refractivity contribution in [3.63, 3.8) is 0 Å². The summed E-state index contributed by atoms with van der Waals surface area (Å²) in [5.41, 5.74) is 1.19. The van der Waals surface area contributed by atoms with Gasteiger partial charge in [-0.1, -0.05) is 54.9 Å². The summed E-state index contributed by atoms with van der Waals surface area (Å²) in [4.78, 5) is 5.50. The highest BCUT2D eigenvalue weighted by atomic mass is 35.5. The molecule has 0 aliphatic rings. The Kier molecular flexibility index (Phi) is 6.37. The van der Waals surface area contributed by atoms with Crippen molar-refractivity contribution in [2.24, 2.45) is 5.92 Å². The first-order valence-corrected chi connectivity index (χ1v) is 8.40. The van der Waals surface area contributed by atoms with Crippen LogP contribution in [0.25, 0.3) is 0 Å². The second-order valence-corrected chi connectivity index (χ2v) is 7.12. The molecule has 5 heteroatoms. The van der Waals surface area contributed by atoms with Gasteiger partial charge < -0.3 is 5.32 Å². The van der Waals surface area contributed by atoms with E-state index in [0.29, 0.717) is 16.0 Å². The molecule has 1 aromatic heterocycles. The Labute approximate surface area is 140 Å². The van der Waals surface area contributed by atoms with E-state index >= 15 is 0 Å². The third-order valence-corrected chi connectivity index (χ3v) is 4.47. The average Bonchev–Trinajstić information content (AvgIpc) is 2.44. The normalized spacial score (nSPS) is 11.1. The SMILES string of the molecule is CC(C)CNCc1ccc(Sc2ccc(Cl)c(Cl)c2)nc1. The van der Waals surface area contributed by atoms with Gasteiger partial charge in [-0.05, 0) is 42.3 Å². The summed E-state index contributed by atoms with van der Waals surface area (Å²) in [6.07, 6.45) is 1.91. The highest BCUT2D eigenvalue weighted by Gasteiger charge is 2.03. The first-order chi connectivity index (χ1) is 10.0. The van der Waals surface area contributed by atoms with Gasteiger partial charge in [0, 0.05) is 17.6 Å². The van der Waals surface area contributed by atoms with Gasteiger partial charge in [0.1, 0.15) is 5.03 Å². The van der Waals surface area contributed by atoms with Crippen molar-refractivity contribution in [2.75, 3.05) is 6.54 Å². The molecule has 2 nitrogen and oxygen atoms in total. The van der Waals surface area contributed by atoms with E-state index in [4.69, 9.17) is 23.2 Å². The third-order valence-electron chi connectivity index (χ3n) is 2.79. The number of aromatic nitrogens is 1. The summed E-state index contributed by atoms with van der Waals surface area (Å²) in [6, 6.07) is 9.73. The van der Waals surface area contributed by atoms with E-state index in [1.54, 1.807) is 17.8 Å². The molecule has 0 unspecified atom stereocenters. The minimum Gasteiger partial charge on any atom is -0.312 e. The highest BCUT2D eigenvalue weighted by molar-refractivity contribution is 7.99. The van der Waals surface area contributed by atoms with Gasteiger partial charge in [-0.15, -0.1) is 0 Å². The van der Waals surface area contributed by atoms with Crippen LogP contribution in [-0.2, 0) is 6.54 Å². The molecule has 0 aliphatic heterocycles. The summed E-state index contributed by atoms with van der Waals surface area (Å²) in [7, 11) is 0.